The molecule has 0 rings (SSSR count). The predicted octanol–water partition coefficient (Wildman–Crippen LogP) is 12.2. The van der Waals surface area contributed by atoms with Crippen molar-refractivity contribution in [2.75, 3.05) is 19.8 Å². The van der Waals surface area contributed by atoms with Crippen LogP contribution < -0.4 is 0 Å². The van der Waals surface area contributed by atoms with E-state index in [0.717, 1.165) is 89.9 Å². The summed E-state index contributed by atoms with van der Waals surface area (Å²) in [4.78, 5) is 34.6. The molecule has 0 heterocycles. The second-order valence-corrected chi connectivity index (χ2v) is 14.4. The number of hydrogen-bond acceptors (Lipinski definition) is 7. The van der Waals surface area contributed by atoms with Crippen molar-refractivity contribution < 1.29 is 37.6 Å². The topological polar surface area (TPSA) is 108 Å². The Balaban J connectivity index is 4.17. The second-order valence-electron chi connectivity index (χ2n) is 12.9. The molecule has 0 radical (unpaired) electrons. The number of hydrogen-bond donors (Lipinski definition) is 1. The molecule has 0 aromatic heterocycles. The summed E-state index contributed by atoms with van der Waals surface area (Å²) in [6.45, 7) is 5.31. The van der Waals surface area contributed by atoms with Crippen molar-refractivity contribution in [3.05, 3.63) is 48.6 Å². The molecule has 290 valence electrons. The van der Waals surface area contributed by atoms with E-state index in [1.807, 2.05) is 0 Å². The third kappa shape index (κ3) is 35.8. The largest absolute Gasteiger partial charge is 0.472 e. The van der Waals surface area contributed by atoms with E-state index in [-0.39, 0.29) is 32.0 Å². The van der Waals surface area contributed by atoms with E-state index in [9.17, 15) is 19.0 Å². The first-order chi connectivity index (χ1) is 24.3. The van der Waals surface area contributed by atoms with Gasteiger partial charge in [0, 0.05) is 12.8 Å². The standard InChI is InChI=1S/C41H73O8P/c1-4-7-9-11-13-15-17-19-21-23-25-27-29-31-33-35-40(42)46-37-39(38-48-50(44,45)47-6-3)49-41(43)36-34-32-30-28-26-24-22-20-18-16-14-12-10-8-5-2/h8,10,14,16,19-22,39H,4-7,9,11-13,15,17-18,23-38H2,1-3H3,(H,44,45)/b10-8-,16-14-,21-19-,22-20-. The van der Waals surface area contributed by atoms with Gasteiger partial charge in [0.25, 0.3) is 0 Å². The Kier molecular flexibility index (Phi) is 35.3. The van der Waals surface area contributed by atoms with Gasteiger partial charge in [-0.15, -0.1) is 0 Å². The minimum absolute atomic E-state index is 0.00595. The quantitative estimate of drug-likeness (QED) is 0.0294. The summed E-state index contributed by atoms with van der Waals surface area (Å²) in [6.07, 6.45) is 41.6. The fourth-order valence-corrected chi connectivity index (χ4v) is 5.98. The highest BCUT2D eigenvalue weighted by Gasteiger charge is 2.25. The SMILES string of the molecule is CC/C=C\C/C=C\C/C=C\CCCCCCCC(=O)OC(COC(=O)CCCCCCC/C=C\CCCCCCCC)COP(=O)(O)OCC. The molecule has 0 fully saturated rings. The van der Waals surface area contributed by atoms with Gasteiger partial charge in [-0.3, -0.25) is 18.6 Å². The fraction of sp³-hybridized carbons (Fsp3) is 0.756. The van der Waals surface area contributed by atoms with E-state index in [4.69, 9.17) is 18.5 Å². The lowest BCUT2D eigenvalue weighted by atomic mass is 10.1. The smallest absolute Gasteiger partial charge is 0.462 e. The summed E-state index contributed by atoms with van der Waals surface area (Å²) in [5, 5.41) is 0. The number of phosphoric ester groups is 1. The van der Waals surface area contributed by atoms with E-state index in [1.54, 1.807) is 6.92 Å². The van der Waals surface area contributed by atoms with Crippen molar-refractivity contribution in [3.63, 3.8) is 0 Å². The minimum Gasteiger partial charge on any atom is -0.462 e. The Morgan fingerprint density at radius 3 is 1.56 bits per heavy atom. The van der Waals surface area contributed by atoms with Crippen molar-refractivity contribution in [1.82, 2.24) is 0 Å². The molecule has 1 N–H and O–H groups in total. The van der Waals surface area contributed by atoms with Gasteiger partial charge in [-0.1, -0.05) is 133 Å². The summed E-state index contributed by atoms with van der Waals surface area (Å²) in [5.41, 5.74) is 0. The lowest BCUT2D eigenvalue weighted by Gasteiger charge is -2.19. The number of unbranched alkanes of at least 4 members (excludes halogenated alkanes) is 16. The van der Waals surface area contributed by atoms with Gasteiger partial charge in [-0.05, 0) is 77.6 Å². The predicted molar refractivity (Wildman–Crippen MR) is 207 cm³/mol. The molecule has 0 bridgehead atoms. The van der Waals surface area contributed by atoms with Gasteiger partial charge in [-0.2, -0.15) is 0 Å². The van der Waals surface area contributed by atoms with E-state index < -0.39 is 26.5 Å². The monoisotopic (exact) mass is 725 g/mol. The first-order valence-corrected chi connectivity index (χ1v) is 21.4. The fourth-order valence-electron chi connectivity index (χ4n) is 5.23. The molecule has 0 spiro atoms. The van der Waals surface area contributed by atoms with E-state index >= 15 is 0 Å². The Morgan fingerprint density at radius 1 is 0.560 bits per heavy atom. The van der Waals surface area contributed by atoms with E-state index in [0.29, 0.717) is 6.42 Å². The number of phosphoric acid groups is 1. The number of esters is 2. The average Bonchev–Trinajstić information content (AvgIpc) is 3.09. The van der Waals surface area contributed by atoms with Crippen LogP contribution in [0.15, 0.2) is 48.6 Å². The summed E-state index contributed by atoms with van der Waals surface area (Å²) >= 11 is 0. The number of allylic oxidation sites excluding steroid dienone is 8. The first-order valence-electron chi connectivity index (χ1n) is 19.9. The van der Waals surface area contributed by atoms with Crippen LogP contribution in [0.25, 0.3) is 0 Å². The molecule has 50 heavy (non-hydrogen) atoms. The molecule has 0 saturated heterocycles. The highest BCUT2D eigenvalue weighted by molar-refractivity contribution is 7.47. The van der Waals surface area contributed by atoms with E-state index in [2.05, 4.69) is 62.5 Å². The van der Waals surface area contributed by atoms with Crippen LogP contribution in [0.2, 0.25) is 0 Å². The number of rotatable bonds is 36. The Labute approximate surface area is 306 Å². The lowest BCUT2D eigenvalue weighted by molar-refractivity contribution is -0.161. The number of ether oxygens (including phenoxy) is 2. The van der Waals surface area contributed by atoms with E-state index in [1.165, 1.54) is 44.9 Å². The summed E-state index contributed by atoms with van der Waals surface area (Å²) < 4.78 is 32.5. The molecule has 0 aliphatic heterocycles. The van der Waals surface area contributed by atoms with Gasteiger partial charge in [0.05, 0.1) is 13.2 Å². The van der Waals surface area contributed by atoms with Gasteiger partial charge in [0.2, 0.25) is 0 Å². The normalized spacial score (nSPS) is 13.9. The molecule has 0 aliphatic carbocycles. The number of carbonyl (C=O) groups excluding carboxylic acids is 2. The van der Waals surface area contributed by atoms with Crippen molar-refractivity contribution in [1.29, 1.82) is 0 Å². The zero-order chi connectivity index (χ0) is 36.8. The molecular weight excluding hydrogens is 651 g/mol. The molecule has 9 heteroatoms. The Bertz CT molecular complexity index is 958. The maximum atomic E-state index is 12.5. The lowest BCUT2D eigenvalue weighted by Crippen LogP contribution is -2.29. The van der Waals surface area contributed by atoms with Crippen LogP contribution in [-0.4, -0.2) is 42.8 Å². The van der Waals surface area contributed by atoms with Crippen molar-refractivity contribution in [2.45, 2.75) is 181 Å². The molecule has 2 atom stereocenters. The van der Waals surface area contributed by atoms with Crippen molar-refractivity contribution in [2.24, 2.45) is 0 Å². The van der Waals surface area contributed by atoms with Crippen LogP contribution >= 0.6 is 7.82 Å². The second kappa shape index (κ2) is 36.8. The van der Waals surface area contributed by atoms with Crippen molar-refractivity contribution >= 4 is 19.8 Å². The molecule has 0 aromatic carbocycles. The molecule has 0 aromatic rings. The molecular formula is C41H73O8P. The van der Waals surface area contributed by atoms with Gasteiger partial charge in [0.15, 0.2) is 6.10 Å². The molecule has 2 unspecified atom stereocenters. The maximum absolute atomic E-state index is 12.5. The number of carbonyl (C=O) groups is 2. The van der Waals surface area contributed by atoms with Crippen LogP contribution in [0.5, 0.6) is 0 Å². The highest BCUT2D eigenvalue weighted by atomic mass is 31.2. The zero-order valence-electron chi connectivity index (χ0n) is 32.0. The molecule has 0 amide bonds. The molecule has 0 saturated carbocycles. The molecule has 8 nitrogen and oxygen atoms in total. The average molecular weight is 725 g/mol. The minimum atomic E-state index is -4.28. The first kappa shape index (κ1) is 48.0. The van der Waals surface area contributed by atoms with Crippen LogP contribution in [-0.2, 0) is 32.7 Å². The van der Waals surface area contributed by atoms with Crippen LogP contribution in [0, 0.1) is 0 Å². The third-order valence-corrected chi connectivity index (χ3v) is 9.18. The van der Waals surface area contributed by atoms with Gasteiger partial charge < -0.3 is 14.4 Å². The summed E-state index contributed by atoms with van der Waals surface area (Å²) in [6, 6.07) is 0. The van der Waals surface area contributed by atoms with Crippen LogP contribution in [0.1, 0.15) is 175 Å². The van der Waals surface area contributed by atoms with Crippen molar-refractivity contribution in [3.8, 4) is 0 Å². The Morgan fingerprint density at radius 2 is 1.02 bits per heavy atom. The van der Waals surface area contributed by atoms with Gasteiger partial charge in [-0.25, -0.2) is 4.57 Å². The summed E-state index contributed by atoms with van der Waals surface area (Å²) in [5.74, 6) is -0.830. The Hall–Kier alpha value is -1.99. The maximum Gasteiger partial charge on any atom is 0.472 e. The molecule has 0 aliphatic rings. The summed E-state index contributed by atoms with van der Waals surface area (Å²) in [7, 11) is -4.28. The van der Waals surface area contributed by atoms with Gasteiger partial charge in [0.1, 0.15) is 6.61 Å². The third-order valence-electron chi connectivity index (χ3n) is 8.12. The highest BCUT2D eigenvalue weighted by Crippen LogP contribution is 2.43. The zero-order valence-corrected chi connectivity index (χ0v) is 32.9. The van der Waals surface area contributed by atoms with Gasteiger partial charge >= 0.3 is 19.8 Å². The van der Waals surface area contributed by atoms with Crippen LogP contribution in [0.4, 0.5) is 0 Å². The van der Waals surface area contributed by atoms with Crippen LogP contribution in [0.3, 0.4) is 0 Å².